The normalized spacial score (nSPS) is 10.2. The van der Waals surface area contributed by atoms with Gasteiger partial charge in [0.25, 0.3) is 0 Å². The van der Waals surface area contributed by atoms with Crippen LogP contribution in [0.3, 0.4) is 0 Å². The fraction of sp³-hybridized carbons (Fsp3) is 0.200. The molecule has 0 amide bonds. The summed E-state index contributed by atoms with van der Waals surface area (Å²) >= 11 is 3.49. The first kappa shape index (κ1) is 13.7. The van der Waals surface area contributed by atoms with Crippen LogP contribution >= 0.6 is 15.9 Å². The molecule has 2 aromatic rings. The van der Waals surface area contributed by atoms with Gasteiger partial charge in [-0.3, -0.25) is 0 Å². The van der Waals surface area contributed by atoms with E-state index in [0.717, 1.165) is 40.3 Å². The van der Waals surface area contributed by atoms with Crippen LogP contribution in [0.15, 0.2) is 46.9 Å². The number of nitrogen functional groups attached to an aromatic ring is 1. The molecule has 100 valence electrons. The zero-order valence-corrected chi connectivity index (χ0v) is 12.4. The number of nitrogens with one attached hydrogen (secondary N) is 1. The minimum Gasteiger partial charge on any atom is -0.494 e. The lowest BCUT2D eigenvalue weighted by atomic mass is 10.2. The van der Waals surface area contributed by atoms with Gasteiger partial charge < -0.3 is 15.8 Å². The standard InChI is InChI=1S/C15H17BrN2O/c1-2-9-19-13-6-4-12(5-7-13)18-15-8-3-11(17)10-14(15)16/h3-8,10,18H,2,9,17H2,1H3. The van der Waals surface area contributed by atoms with Gasteiger partial charge in [0.2, 0.25) is 0 Å². The van der Waals surface area contributed by atoms with Crippen molar-refractivity contribution in [1.29, 1.82) is 0 Å². The van der Waals surface area contributed by atoms with Gasteiger partial charge in [-0.1, -0.05) is 6.92 Å². The number of anilines is 3. The molecule has 0 fully saturated rings. The fourth-order valence-corrected chi connectivity index (χ4v) is 2.14. The maximum atomic E-state index is 5.71. The second-order valence-corrected chi connectivity index (χ2v) is 5.09. The molecule has 0 radical (unpaired) electrons. The lowest BCUT2D eigenvalue weighted by Crippen LogP contribution is -1.96. The monoisotopic (exact) mass is 320 g/mol. The molecule has 2 aromatic carbocycles. The van der Waals surface area contributed by atoms with Crippen LogP contribution in [0.2, 0.25) is 0 Å². The number of nitrogens with two attached hydrogens (primary N) is 1. The van der Waals surface area contributed by atoms with Crippen LogP contribution in [0.1, 0.15) is 13.3 Å². The molecule has 0 aliphatic rings. The molecule has 0 bridgehead atoms. The van der Waals surface area contributed by atoms with E-state index in [1.165, 1.54) is 0 Å². The van der Waals surface area contributed by atoms with Crippen LogP contribution in [-0.4, -0.2) is 6.61 Å². The molecule has 19 heavy (non-hydrogen) atoms. The first-order valence-corrected chi connectivity index (χ1v) is 7.03. The summed E-state index contributed by atoms with van der Waals surface area (Å²) < 4.78 is 6.49. The Labute approximate surface area is 121 Å². The Bertz CT molecular complexity index is 540. The summed E-state index contributed by atoms with van der Waals surface area (Å²) in [7, 11) is 0. The smallest absolute Gasteiger partial charge is 0.119 e. The molecular weight excluding hydrogens is 304 g/mol. The van der Waals surface area contributed by atoms with E-state index in [1.807, 2.05) is 42.5 Å². The van der Waals surface area contributed by atoms with Gasteiger partial charge in [-0.25, -0.2) is 0 Å². The highest BCUT2D eigenvalue weighted by Gasteiger charge is 2.01. The number of halogens is 1. The van der Waals surface area contributed by atoms with E-state index in [4.69, 9.17) is 10.5 Å². The average Bonchev–Trinajstić information content (AvgIpc) is 2.41. The third kappa shape index (κ3) is 3.89. The molecule has 0 aromatic heterocycles. The van der Waals surface area contributed by atoms with Gasteiger partial charge in [0.1, 0.15) is 5.75 Å². The lowest BCUT2D eigenvalue weighted by Gasteiger charge is -2.10. The van der Waals surface area contributed by atoms with E-state index in [2.05, 4.69) is 28.2 Å². The Morgan fingerprint density at radius 1 is 1.16 bits per heavy atom. The van der Waals surface area contributed by atoms with Crippen LogP contribution in [0.5, 0.6) is 5.75 Å². The molecule has 0 saturated heterocycles. The Morgan fingerprint density at radius 3 is 2.53 bits per heavy atom. The third-order valence-electron chi connectivity index (χ3n) is 2.60. The Balaban J connectivity index is 2.06. The summed E-state index contributed by atoms with van der Waals surface area (Å²) in [4.78, 5) is 0. The van der Waals surface area contributed by atoms with Crippen molar-refractivity contribution >= 4 is 33.0 Å². The van der Waals surface area contributed by atoms with Gasteiger partial charge in [-0.2, -0.15) is 0 Å². The topological polar surface area (TPSA) is 47.3 Å². The molecule has 0 aliphatic carbocycles. The lowest BCUT2D eigenvalue weighted by molar-refractivity contribution is 0.317. The molecule has 3 N–H and O–H groups in total. The molecule has 0 heterocycles. The van der Waals surface area contributed by atoms with Crippen LogP contribution in [0.4, 0.5) is 17.1 Å². The predicted molar refractivity (Wildman–Crippen MR) is 84.1 cm³/mol. The maximum Gasteiger partial charge on any atom is 0.119 e. The number of hydrogen-bond donors (Lipinski definition) is 2. The quantitative estimate of drug-likeness (QED) is 0.794. The summed E-state index contributed by atoms with van der Waals surface area (Å²) in [5.41, 5.74) is 8.44. The molecule has 2 rings (SSSR count). The van der Waals surface area contributed by atoms with E-state index in [-0.39, 0.29) is 0 Å². The Morgan fingerprint density at radius 2 is 1.89 bits per heavy atom. The van der Waals surface area contributed by atoms with Gasteiger partial charge in [-0.15, -0.1) is 0 Å². The molecule has 4 heteroatoms. The molecule has 0 unspecified atom stereocenters. The molecule has 0 saturated carbocycles. The van der Waals surface area contributed by atoms with E-state index in [0.29, 0.717) is 0 Å². The SMILES string of the molecule is CCCOc1ccc(Nc2ccc(N)cc2Br)cc1. The van der Waals surface area contributed by atoms with Gasteiger partial charge in [0.15, 0.2) is 0 Å². The first-order chi connectivity index (χ1) is 9.19. The summed E-state index contributed by atoms with van der Waals surface area (Å²) in [6.45, 7) is 2.84. The highest BCUT2D eigenvalue weighted by Crippen LogP contribution is 2.28. The Kier molecular flexibility index (Phi) is 4.68. The largest absolute Gasteiger partial charge is 0.494 e. The molecule has 3 nitrogen and oxygen atoms in total. The molecule has 0 spiro atoms. The van der Waals surface area contributed by atoms with Crippen molar-refractivity contribution in [3.63, 3.8) is 0 Å². The van der Waals surface area contributed by atoms with E-state index in [9.17, 15) is 0 Å². The predicted octanol–water partition coefficient (Wildman–Crippen LogP) is 4.56. The second-order valence-electron chi connectivity index (χ2n) is 4.24. The average molecular weight is 321 g/mol. The van der Waals surface area contributed by atoms with Crippen molar-refractivity contribution in [3.8, 4) is 5.75 Å². The maximum absolute atomic E-state index is 5.71. The van der Waals surface area contributed by atoms with Crippen molar-refractivity contribution in [1.82, 2.24) is 0 Å². The van der Waals surface area contributed by atoms with Crippen LogP contribution in [-0.2, 0) is 0 Å². The van der Waals surface area contributed by atoms with E-state index >= 15 is 0 Å². The van der Waals surface area contributed by atoms with Crippen LogP contribution in [0, 0.1) is 0 Å². The molecular formula is C15H17BrN2O. The van der Waals surface area contributed by atoms with Gasteiger partial charge >= 0.3 is 0 Å². The molecule has 0 aliphatic heterocycles. The third-order valence-corrected chi connectivity index (χ3v) is 3.26. The summed E-state index contributed by atoms with van der Waals surface area (Å²) in [6, 6.07) is 13.6. The van der Waals surface area contributed by atoms with E-state index < -0.39 is 0 Å². The van der Waals surface area contributed by atoms with Crippen molar-refractivity contribution in [3.05, 3.63) is 46.9 Å². The summed E-state index contributed by atoms with van der Waals surface area (Å²) in [5, 5.41) is 3.32. The Hall–Kier alpha value is -1.68. The second kappa shape index (κ2) is 6.48. The van der Waals surface area contributed by atoms with Crippen molar-refractivity contribution < 1.29 is 4.74 Å². The van der Waals surface area contributed by atoms with Crippen molar-refractivity contribution in [2.75, 3.05) is 17.7 Å². The first-order valence-electron chi connectivity index (χ1n) is 6.24. The van der Waals surface area contributed by atoms with Crippen molar-refractivity contribution in [2.24, 2.45) is 0 Å². The summed E-state index contributed by atoms with van der Waals surface area (Å²) in [6.07, 6.45) is 1.01. The number of rotatable bonds is 5. The summed E-state index contributed by atoms with van der Waals surface area (Å²) in [5.74, 6) is 0.892. The zero-order chi connectivity index (χ0) is 13.7. The van der Waals surface area contributed by atoms with Gasteiger partial charge in [0.05, 0.1) is 12.3 Å². The van der Waals surface area contributed by atoms with Gasteiger partial charge in [0, 0.05) is 15.8 Å². The number of benzene rings is 2. The highest BCUT2D eigenvalue weighted by molar-refractivity contribution is 9.10. The number of ether oxygens (including phenoxy) is 1. The molecule has 0 atom stereocenters. The minimum absolute atomic E-state index is 0.737. The highest BCUT2D eigenvalue weighted by atomic mass is 79.9. The van der Waals surface area contributed by atoms with Crippen molar-refractivity contribution in [2.45, 2.75) is 13.3 Å². The van der Waals surface area contributed by atoms with E-state index in [1.54, 1.807) is 0 Å². The zero-order valence-electron chi connectivity index (χ0n) is 10.8. The fourth-order valence-electron chi connectivity index (χ4n) is 1.64. The van der Waals surface area contributed by atoms with Crippen LogP contribution in [0.25, 0.3) is 0 Å². The minimum atomic E-state index is 0.737. The van der Waals surface area contributed by atoms with Gasteiger partial charge in [-0.05, 0) is 64.8 Å². The number of hydrogen-bond acceptors (Lipinski definition) is 3. The van der Waals surface area contributed by atoms with Crippen LogP contribution < -0.4 is 15.8 Å².